The normalized spacial score (nSPS) is 19.7. The van der Waals surface area contributed by atoms with E-state index >= 15 is 0 Å². The second kappa shape index (κ2) is 7.88. The molecule has 2 aliphatic heterocycles. The van der Waals surface area contributed by atoms with Crippen molar-refractivity contribution >= 4 is 27.5 Å². The van der Waals surface area contributed by atoms with Crippen LogP contribution in [0.5, 0.6) is 0 Å². The molecule has 0 unspecified atom stereocenters. The number of aliphatic imine (C=N–C) groups is 1. The van der Waals surface area contributed by atoms with Crippen LogP contribution < -0.4 is 10.6 Å². The molecule has 7 nitrogen and oxygen atoms in total. The van der Waals surface area contributed by atoms with Crippen molar-refractivity contribution in [3.63, 3.8) is 0 Å². The highest BCUT2D eigenvalue weighted by Gasteiger charge is 2.50. The maximum atomic E-state index is 13.5. The minimum absolute atomic E-state index is 0.0473. The number of nitrogens with one attached hydrogen (secondary N) is 2. The van der Waals surface area contributed by atoms with Gasteiger partial charge >= 0.3 is 5.92 Å². The summed E-state index contributed by atoms with van der Waals surface area (Å²) in [5.41, 5.74) is 2.73. The Balaban J connectivity index is 1.67. The molecule has 1 saturated heterocycles. The van der Waals surface area contributed by atoms with Crippen molar-refractivity contribution in [2.24, 2.45) is 4.99 Å². The molecule has 0 saturated carbocycles. The van der Waals surface area contributed by atoms with E-state index < -0.39 is 33.2 Å². The average molecular weight is 443 g/mol. The summed E-state index contributed by atoms with van der Waals surface area (Å²) >= 11 is 0. The highest BCUT2D eigenvalue weighted by atomic mass is 32.2. The molecule has 10 heteroatoms. The summed E-state index contributed by atoms with van der Waals surface area (Å²) < 4.78 is 54.1. The third-order valence-electron chi connectivity index (χ3n) is 5.93. The molecular weight excluding hydrogens is 414 g/mol. The molecule has 0 radical (unpaired) electrons. The fourth-order valence-corrected chi connectivity index (χ4v) is 5.55. The van der Waals surface area contributed by atoms with E-state index in [2.05, 4.69) is 15.6 Å². The molecule has 2 N–H and O–H groups in total. The highest BCUT2D eigenvalue weighted by Crippen LogP contribution is 2.33. The number of amides is 1. The highest BCUT2D eigenvalue weighted by molar-refractivity contribution is 7.89. The van der Waals surface area contributed by atoms with Gasteiger partial charge in [-0.05, 0) is 61.9 Å². The van der Waals surface area contributed by atoms with Crippen molar-refractivity contribution in [1.29, 1.82) is 0 Å². The topological polar surface area (TPSA) is 90.9 Å². The number of hydrogen-bond donors (Lipinski definition) is 2. The van der Waals surface area contributed by atoms with Crippen LogP contribution in [0, 0.1) is 13.8 Å². The van der Waals surface area contributed by atoms with Crippen LogP contribution >= 0.6 is 0 Å². The van der Waals surface area contributed by atoms with Crippen molar-refractivity contribution in [3.8, 4) is 0 Å². The zero-order chi connectivity index (χ0) is 22.3. The lowest BCUT2D eigenvalue weighted by molar-refractivity contribution is -0.125. The van der Waals surface area contributed by atoms with Gasteiger partial charge in [-0.25, -0.2) is 17.7 Å². The molecule has 3 rings (SSSR count). The number of carbonyl (C=O) groups excluding carboxylic acids is 1. The standard InChI is InChI=1S/C20H28F2N4O3S/c1-13-11-15(23-4)12-14(2)16(13)5-10-30(28,29)26-8-6-20(7-9-26)18(27)24-17(25-20)19(3,21)22/h11-12,23H,5-10H2,1-4H3,(H,24,25,27). The number of hydrogen-bond acceptors (Lipinski definition) is 5. The zero-order valence-corrected chi connectivity index (χ0v) is 18.5. The Morgan fingerprint density at radius 1 is 1.23 bits per heavy atom. The van der Waals surface area contributed by atoms with Gasteiger partial charge in [0, 0.05) is 32.7 Å². The monoisotopic (exact) mass is 442 g/mol. The fourth-order valence-electron chi connectivity index (χ4n) is 4.09. The minimum atomic E-state index is -3.55. The summed E-state index contributed by atoms with van der Waals surface area (Å²) in [4.78, 5) is 16.2. The summed E-state index contributed by atoms with van der Waals surface area (Å²) in [6.07, 6.45) is 0.565. The Bertz CT molecular complexity index is 955. The third kappa shape index (κ3) is 4.34. The smallest absolute Gasteiger partial charge is 0.301 e. The van der Waals surface area contributed by atoms with Crippen LogP contribution in [0.4, 0.5) is 14.5 Å². The maximum Gasteiger partial charge on any atom is 0.301 e. The van der Waals surface area contributed by atoms with Crippen LogP contribution in [0.2, 0.25) is 0 Å². The molecule has 0 atom stereocenters. The number of carbonyl (C=O) groups is 1. The number of piperidine rings is 1. The third-order valence-corrected chi connectivity index (χ3v) is 7.81. The fraction of sp³-hybridized carbons (Fsp3) is 0.600. The molecule has 30 heavy (non-hydrogen) atoms. The predicted molar refractivity (Wildman–Crippen MR) is 113 cm³/mol. The van der Waals surface area contributed by atoms with Gasteiger partial charge in [-0.2, -0.15) is 8.78 Å². The lowest BCUT2D eigenvalue weighted by Crippen LogP contribution is -2.51. The molecule has 2 aliphatic rings. The van der Waals surface area contributed by atoms with Gasteiger partial charge in [0.25, 0.3) is 5.91 Å². The second-order valence-corrected chi connectivity index (χ2v) is 10.2. The van der Waals surface area contributed by atoms with Crippen molar-refractivity contribution < 1.29 is 22.0 Å². The number of sulfonamides is 1. The van der Waals surface area contributed by atoms with Crippen LogP contribution in [-0.2, 0) is 21.2 Å². The molecule has 1 aromatic carbocycles. The van der Waals surface area contributed by atoms with E-state index in [9.17, 15) is 22.0 Å². The molecule has 1 fully saturated rings. The molecule has 0 aromatic heterocycles. The van der Waals surface area contributed by atoms with Crippen LogP contribution in [0.25, 0.3) is 0 Å². The Morgan fingerprint density at radius 3 is 2.27 bits per heavy atom. The molecular formula is C20H28F2N4O3S. The molecule has 2 heterocycles. The van der Waals surface area contributed by atoms with E-state index in [1.165, 1.54) is 4.31 Å². The first-order valence-electron chi connectivity index (χ1n) is 9.93. The average Bonchev–Trinajstić information content (AvgIpc) is 2.97. The van der Waals surface area contributed by atoms with E-state index in [1.54, 1.807) is 0 Å². The van der Waals surface area contributed by atoms with Gasteiger partial charge in [-0.3, -0.25) is 4.79 Å². The van der Waals surface area contributed by atoms with Crippen LogP contribution in [0.15, 0.2) is 17.1 Å². The molecule has 0 bridgehead atoms. The second-order valence-electron chi connectivity index (χ2n) is 8.14. The van der Waals surface area contributed by atoms with Crippen molar-refractivity contribution in [2.45, 2.75) is 51.5 Å². The summed E-state index contributed by atoms with van der Waals surface area (Å²) in [5, 5.41) is 5.25. The first-order chi connectivity index (χ1) is 13.9. The summed E-state index contributed by atoms with van der Waals surface area (Å²) in [6, 6.07) is 3.97. The quantitative estimate of drug-likeness (QED) is 0.707. The van der Waals surface area contributed by atoms with Gasteiger partial charge < -0.3 is 10.6 Å². The van der Waals surface area contributed by atoms with E-state index in [4.69, 9.17) is 0 Å². The summed E-state index contributed by atoms with van der Waals surface area (Å²) in [7, 11) is -1.71. The summed E-state index contributed by atoms with van der Waals surface area (Å²) in [5.74, 6) is -4.50. The molecule has 0 aliphatic carbocycles. The number of halogens is 2. The van der Waals surface area contributed by atoms with E-state index in [1.807, 2.05) is 33.0 Å². The molecule has 1 aromatic rings. The number of anilines is 1. The predicted octanol–water partition coefficient (Wildman–Crippen LogP) is 2.24. The number of amidine groups is 1. The zero-order valence-electron chi connectivity index (χ0n) is 17.7. The van der Waals surface area contributed by atoms with E-state index in [0.717, 1.165) is 22.4 Å². The lowest BCUT2D eigenvalue weighted by Gasteiger charge is -2.34. The lowest BCUT2D eigenvalue weighted by atomic mass is 9.89. The number of alkyl halides is 2. The number of benzene rings is 1. The van der Waals surface area contributed by atoms with Crippen molar-refractivity contribution in [2.75, 3.05) is 31.2 Å². The van der Waals surface area contributed by atoms with Gasteiger partial charge in [-0.1, -0.05) is 0 Å². The van der Waals surface area contributed by atoms with Gasteiger partial charge in [0.2, 0.25) is 10.0 Å². The maximum absolute atomic E-state index is 13.5. The largest absolute Gasteiger partial charge is 0.388 e. The molecule has 166 valence electrons. The Hall–Kier alpha value is -2.07. The van der Waals surface area contributed by atoms with Crippen LogP contribution in [-0.4, -0.2) is 61.8 Å². The van der Waals surface area contributed by atoms with Crippen LogP contribution in [0.3, 0.4) is 0 Å². The first kappa shape index (κ1) is 22.6. The molecule has 1 amide bonds. The summed E-state index contributed by atoms with van der Waals surface area (Å²) in [6.45, 7) is 4.76. The molecule has 1 spiro atoms. The SMILES string of the molecule is CNc1cc(C)c(CCS(=O)(=O)N2CCC3(CC2)N=C(C(C)(F)F)NC3=O)c(C)c1. The van der Waals surface area contributed by atoms with E-state index in [-0.39, 0.29) is 31.7 Å². The number of aryl methyl sites for hydroxylation is 2. The number of nitrogens with zero attached hydrogens (tertiary/aromatic N) is 2. The van der Waals surface area contributed by atoms with E-state index in [0.29, 0.717) is 13.3 Å². The first-order valence-corrected chi connectivity index (χ1v) is 11.5. The van der Waals surface area contributed by atoms with Gasteiger partial charge in [0.1, 0.15) is 5.54 Å². The Morgan fingerprint density at radius 2 is 1.80 bits per heavy atom. The Labute approximate surface area is 176 Å². The number of rotatable bonds is 6. The van der Waals surface area contributed by atoms with Gasteiger partial charge in [0.15, 0.2) is 5.84 Å². The van der Waals surface area contributed by atoms with Crippen molar-refractivity contribution in [1.82, 2.24) is 9.62 Å². The van der Waals surface area contributed by atoms with Gasteiger partial charge in [0.05, 0.1) is 5.75 Å². The van der Waals surface area contributed by atoms with Crippen molar-refractivity contribution in [3.05, 3.63) is 28.8 Å². The Kier molecular flexibility index (Phi) is 5.94. The minimum Gasteiger partial charge on any atom is -0.388 e. The van der Waals surface area contributed by atoms with Crippen LogP contribution in [0.1, 0.15) is 36.5 Å². The van der Waals surface area contributed by atoms with Gasteiger partial charge in [-0.15, -0.1) is 0 Å².